The molecular formula is C6H9NO3. The van der Waals surface area contributed by atoms with Gasteiger partial charge in [0.25, 0.3) is 0 Å². The summed E-state index contributed by atoms with van der Waals surface area (Å²) in [5, 5.41) is 0. The predicted octanol–water partition coefficient (Wildman–Crippen LogP) is -0.409. The molecular weight excluding hydrogens is 134 g/mol. The molecule has 0 saturated heterocycles. The van der Waals surface area contributed by atoms with E-state index in [1.165, 1.54) is 19.2 Å². The normalized spacial score (nSPS) is 15.4. The van der Waals surface area contributed by atoms with Gasteiger partial charge in [-0.3, -0.25) is 4.79 Å². The molecule has 10 heavy (non-hydrogen) atoms. The third kappa shape index (κ3) is 2.99. The molecule has 0 spiro atoms. The summed E-state index contributed by atoms with van der Waals surface area (Å²) in [6.07, 6.45) is 2.93. The number of ether oxygens (including phenoxy) is 1. The minimum atomic E-state index is -0.568. The first-order valence-corrected chi connectivity index (χ1v) is 2.78. The van der Waals surface area contributed by atoms with Gasteiger partial charge < -0.3 is 10.5 Å². The molecule has 0 atom stereocenters. The maximum absolute atomic E-state index is 10.2. The van der Waals surface area contributed by atoms with Crippen molar-refractivity contribution in [1.29, 1.82) is 0 Å². The Morgan fingerprint density at radius 1 is 1.50 bits per heavy atom. The maximum Gasteiger partial charge on any atom is 0.338 e. The van der Waals surface area contributed by atoms with Crippen molar-refractivity contribution >= 4 is 11.9 Å². The van der Waals surface area contributed by atoms with E-state index in [0.29, 0.717) is 0 Å². The van der Waals surface area contributed by atoms with Crippen LogP contribution in [0.5, 0.6) is 0 Å². The summed E-state index contributed by atoms with van der Waals surface area (Å²) in [4.78, 5) is 20.3. The molecule has 2 N–H and O–H groups in total. The first-order valence-electron chi connectivity index (χ1n) is 2.78. The van der Waals surface area contributed by atoms with Crippen LogP contribution in [0.15, 0.2) is 12.2 Å². The number of carbonyl (C=O) groups is 2. The minimum Gasteiger partial charge on any atom is -0.390 e. The Bertz CT molecular complexity index is 162. The summed E-state index contributed by atoms with van der Waals surface area (Å²) >= 11 is 0. The molecule has 4 nitrogen and oxygen atoms in total. The second kappa shape index (κ2) is 4.69. The van der Waals surface area contributed by atoms with E-state index in [9.17, 15) is 9.59 Å². The monoisotopic (exact) mass is 143 g/mol. The quantitative estimate of drug-likeness (QED) is 0.369. The summed E-state index contributed by atoms with van der Waals surface area (Å²) in [7, 11) is 1.50. The van der Waals surface area contributed by atoms with Crippen molar-refractivity contribution < 1.29 is 14.3 Å². The Morgan fingerprint density at radius 3 is 2.40 bits per heavy atom. The molecule has 4 heteroatoms. The molecule has 0 unspecified atom stereocenters. The van der Waals surface area contributed by atoms with Crippen molar-refractivity contribution in [1.82, 2.24) is 0 Å². The Hall–Kier alpha value is -1.16. The van der Waals surface area contributed by atoms with Crippen LogP contribution >= 0.6 is 0 Å². The van der Waals surface area contributed by atoms with E-state index in [1.807, 2.05) is 0 Å². The number of cyclic esters (lactones) is 2. The highest BCUT2D eigenvalue weighted by molar-refractivity contribution is 5.95. The van der Waals surface area contributed by atoms with E-state index in [2.05, 4.69) is 10.5 Å². The van der Waals surface area contributed by atoms with Crippen LogP contribution in [-0.2, 0) is 14.3 Å². The summed E-state index contributed by atoms with van der Waals surface area (Å²) in [6.45, 7) is 0. The first kappa shape index (κ1) is 8.84. The Balaban J connectivity index is 0.000000371. The summed E-state index contributed by atoms with van der Waals surface area (Å²) in [6, 6.07) is 0. The molecule has 1 rings (SSSR count). The lowest BCUT2D eigenvalue weighted by molar-refractivity contribution is -0.156. The Kier molecular flexibility index (Phi) is 4.15. The van der Waals surface area contributed by atoms with Gasteiger partial charge in [0.1, 0.15) is 0 Å². The van der Waals surface area contributed by atoms with Crippen LogP contribution in [0.25, 0.3) is 0 Å². The molecule has 0 saturated carbocycles. The van der Waals surface area contributed by atoms with E-state index in [0.717, 1.165) is 0 Å². The van der Waals surface area contributed by atoms with Gasteiger partial charge in [-0.15, -0.1) is 0 Å². The zero-order valence-electron chi connectivity index (χ0n) is 5.66. The molecule has 0 aromatic rings. The van der Waals surface area contributed by atoms with Gasteiger partial charge in [-0.25, -0.2) is 4.79 Å². The SMILES string of the molecule is CN.O=C1C=CCC(=O)O1. The number of hydrogen-bond acceptors (Lipinski definition) is 4. The van der Waals surface area contributed by atoms with E-state index in [1.54, 1.807) is 0 Å². The number of carbonyl (C=O) groups excluding carboxylic acids is 2. The van der Waals surface area contributed by atoms with Crippen LogP contribution in [0.3, 0.4) is 0 Å². The minimum absolute atomic E-state index is 0.214. The number of rotatable bonds is 0. The maximum atomic E-state index is 10.2. The van der Waals surface area contributed by atoms with Crippen molar-refractivity contribution in [2.75, 3.05) is 7.05 Å². The predicted molar refractivity (Wildman–Crippen MR) is 35.0 cm³/mol. The zero-order valence-corrected chi connectivity index (χ0v) is 5.66. The number of hydrogen-bond donors (Lipinski definition) is 1. The molecule has 0 aromatic heterocycles. The number of nitrogens with two attached hydrogens (primary N) is 1. The summed E-state index contributed by atoms with van der Waals surface area (Å²) in [5.74, 6) is -1.04. The molecule has 0 bridgehead atoms. The molecule has 56 valence electrons. The van der Waals surface area contributed by atoms with E-state index in [4.69, 9.17) is 0 Å². The fourth-order valence-corrected chi connectivity index (χ4v) is 0.439. The number of esters is 2. The van der Waals surface area contributed by atoms with Crippen LogP contribution in [0.1, 0.15) is 6.42 Å². The molecule has 0 radical (unpaired) electrons. The fraction of sp³-hybridized carbons (Fsp3) is 0.333. The third-order valence-corrected chi connectivity index (χ3v) is 0.753. The topological polar surface area (TPSA) is 69.4 Å². The van der Waals surface area contributed by atoms with Crippen molar-refractivity contribution in [3.05, 3.63) is 12.2 Å². The average molecular weight is 143 g/mol. The van der Waals surface area contributed by atoms with Gasteiger partial charge in [-0.05, 0) is 7.05 Å². The fourth-order valence-electron chi connectivity index (χ4n) is 0.439. The van der Waals surface area contributed by atoms with E-state index in [-0.39, 0.29) is 6.42 Å². The van der Waals surface area contributed by atoms with Gasteiger partial charge in [0, 0.05) is 6.08 Å². The second-order valence-corrected chi connectivity index (χ2v) is 1.40. The van der Waals surface area contributed by atoms with Crippen molar-refractivity contribution in [2.24, 2.45) is 5.73 Å². The zero-order chi connectivity index (χ0) is 7.98. The lowest BCUT2D eigenvalue weighted by Gasteiger charge is -1.99. The Morgan fingerprint density at radius 2 is 2.10 bits per heavy atom. The van der Waals surface area contributed by atoms with Crippen LogP contribution in [0.4, 0.5) is 0 Å². The summed E-state index contributed by atoms with van der Waals surface area (Å²) in [5.41, 5.74) is 4.50. The molecule has 0 aliphatic carbocycles. The van der Waals surface area contributed by atoms with E-state index >= 15 is 0 Å². The van der Waals surface area contributed by atoms with E-state index < -0.39 is 11.9 Å². The molecule has 0 aromatic carbocycles. The molecule has 1 aliphatic heterocycles. The highest BCUT2D eigenvalue weighted by atomic mass is 16.6. The lowest BCUT2D eigenvalue weighted by atomic mass is 10.3. The molecule has 0 fully saturated rings. The molecule has 1 aliphatic rings. The van der Waals surface area contributed by atoms with Crippen LogP contribution in [0.2, 0.25) is 0 Å². The van der Waals surface area contributed by atoms with Gasteiger partial charge in [0.15, 0.2) is 0 Å². The summed E-state index contributed by atoms with van der Waals surface area (Å²) < 4.78 is 4.12. The van der Waals surface area contributed by atoms with Crippen LogP contribution in [0, 0.1) is 0 Å². The van der Waals surface area contributed by atoms with Gasteiger partial charge in [-0.1, -0.05) is 6.08 Å². The van der Waals surface area contributed by atoms with Crippen molar-refractivity contribution in [2.45, 2.75) is 6.42 Å². The highest BCUT2D eigenvalue weighted by Crippen LogP contribution is 1.96. The Labute approximate surface area is 58.7 Å². The van der Waals surface area contributed by atoms with Crippen molar-refractivity contribution in [3.63, 3.8) is 0 Å². The third-order valence-electron chi connectivity index (χ3n) is 0.753. The second-order valence-electron chi connectivity index (χ2n) is 1.40. The van der Waals surface area contributed by atoms with Gasteiger partial charge in [0.2, 0.25) is 0 Å². The lowest BCUT2D eigenvalue weighted by Crippen LogP contribution is -2.12. The first-order chi connectivity index (χ1) is 4.79. The van der Waals surface area contributed by atoms with Gasteiger partial charge in [-0.2, -0.15) is 0 Å². The highest BCUT2D eigenvalue weighted by Gasteiger charge is 2.09. The standard InChI is InChI=1S/C5H4O3.CH5N/c6-4-2-1-3-5(7)8-4;1-2/h1-2H,3H2;2H2,1H3. The average Bonchev–Trinajstić information content (AvgIpc) is 1.91. The molecule has 0 amide bonds. The smallest absolute Gasteiger partial charge is 0.338 e. The largest absolute Gasteiger partial charge is 0.390 e. The van der Waals surface area contributed by atoms with Crippen LogP contribution < -0.4 is 5.73 Å². The van der Waals surface area contributed by atoms with Gasteiger partial charge in [0.05, 0.1) is 6.42 Å². The van der Waals surface area contributed by atoms with Crippen molar-refractivity contribution in [3.8, 4) is 0 Å². The van der Waals surface area contributed by atoms with Crippen LogP contribution in [-0.4, -0.2) is 19.0 Å². The molecule has 1 heterocycles. The van der Waals surface area contributed by atoms with Gasteiger partial charge >= 0.3 is 11.9 Å².